The van der Waals surface area contributed by atoms with Crippen molar-refractivity contribution in [2.75, 3.05) is 11.4 Å². The van der Waals surface area contributed by atoms with E-state index in [-0.39, 0.29) is 35.6 Å². The Bertz CT molecular complexity index is 832. The van der Waals surface area contributed by atoms with Crippen LogP contribution in [-0.2, 0) is 4.79 Å². The van der Waals surface area contributed by atoms with Gasteiger partial charge in [0.25, 0.3) is 11.6 Å². The second-order valence-corrected chi connectivity index (χ2v) is 6.96. The molecular weight excluding hydrogens is 344 g/mol. The fourth-order valence-corrected chi connectivity index (χ4v) is 3.29. The largest absolute Gasteiger partial charge is 0.478 e. The van der Waals surface area contributed by atoms with Gasteiger partial charge >= 0.3 is 0 Å². The quantitative estimate of drug-likeness (QED) is 0.464. The van der Waals surface area contributed by atoms with Gasteiger partial charge in [-0.2, -0.15) is 0 Å². The summed E-state index contributed by atoms with van der Waals surface area (Å²) >= 11 is 1.31. The average Bonchev–Trinajstić information content (AvgIpc) is 3.10. The maximum Gasteiger partial charge on any atom is 0.273 e. The first-order valence-corrected chi connectivity index (χ1v) is 8.59. The van der Waals surface area contributed by atoms with Gasteiger partial charge in [-0.15, -0.1) is 11.3 Å². The molecule has 0 radical (unpaired) electrons. The zero-order valence-corrected chi connectivity index (χ0v) is 14.5. The number of ether oxygens (including phenoxy) is 1. The molecule has 7 nitrogen and oxygen atoms in total. The van der Waals surface area contributed by atoms with Gasteiger partial charge in [0.1, 0.15) is 0 Å². The lowest BCUT2D eigenvalue weighted by atomic mass is 10.0. The van der Waals surface area contributed by atoms with Crippen molar-refractivity contribution in [3.8, 4) is 5.75 Å². The fraction of sp³-hybridized carbons (Fsp3) is 0.294. The van der Waals surface area contributed by atoms with Gasteiger partial charge in [-0.05, 0) is 23.4 Å². The molecule has 1 aromatic heterocycles. The summed E-state index contributed by atoms with van der Waals surface area (Å²) in [4.78, 5) is 37.6. The molecule has 1 aromatic carbocycles. The van der Waals surface area contributed by atoms with Crippen molar-refractivity contribution in [1.82, 2.24) is 0 Å². The van der Waals surface area contributed by atoms with E-state index in [1.54, 1.807) is 17.5 Å². The fourth-order valence-electron chi connectivity index (χ4n) is 2.64. The number of rotatable bonds is 5. The van der Waals surface area contributed by atoms with E-state index in [0.29, 0.717) is 10.6 Å². The number of thiophene rings is 1. The van der Waals surface area contributed by atoms with Gasteiger partial charge in [0.05, 0.1) is 28.1 Å². The van der Waals surface area contributed by atoms with E-state index >= 15 is 0 Å². The molecule has 25 heavy (non-hydrogen) atoms. The van der Waals surface area contributed by atoms with Crippen LogP contribution in [0.25, 0.3) is 0 Å². The highest BCUT2D eigenvalue weighted by molar-refractivity contribution is 7.12. The number of hydrogen-bond acceptors (Lipinski definition) is 6. The van der Waals surface area contributed by atoms with Crippen molar-refractivity contribution in [2.24, 2.45) is 5.92 Å². The number of benzene rings is 1. The van der Waals surface area contributed by atoms with Crippen molar-refractivity contribution < 1.29 is 19.2 Å². The normalized spacial score (nSPS) is 16.5. The summed E-state index contributed by atoms with van der Waals surface area (Å²) in [5, 5.41) is 12.8. The number of anilines is 1. The Morgan fingerprint density at radius 3 is 2.76 bits per heavy atom. The lowest BCUT2D eigenvalue weighted by Crippen LogP contribution is -2.50. The molecule has 2 aromatic rings. The first-order valence-electron chi connectivity index (χ1n) is 7.71. The molecule has 0 N–H and O–H groups in total. The van der Waals surface area contributed by atoms with Crippen LogP contribution in [-0.4, -0.2) is 29.3 Å². The maximum atomic E-state index is 12.8. The van der Waals surface area contributed by atoms with E-state index in [0.717, 1.165) is 0 Å². The van der Waals surface area contributed by atoms with Crippen LogP contribution >= 0.6 is 11.3 Å². The third-order valence-corrected chi connectivity index (χ3v) is 4.82. The van der Waals surface area contributed by atoms with E-state index < -0.39 is 11.0 Å². The van der Waals surface area contributed by atoms with E-state index in [1.165, 1.54) is 34.4 Å². The van der Waals surface area contributed by atoms with Crippen LogP contribution in [0, 0.1) is 16.0 Å². The number of carbonyl (C=O) groups excluding carboxylic acids is 2. The number of amides is 1. The number of non-ortho nitro benzene ring substituents is 1. The third kappa shape index (κ3) is 3.25. The first-order chi connectivity index (χ1) is 11.9. The third-order valence-electron chi connectivity index (χ3n) is 3.91. The summed E-state index contributed by atoms with van der Waals surface area (Å²) < 4.78 is 5.69. The van der Waals surface area contributed by atoms with Gasteiger partial charge in [-0.3, -0.25) is 24.6 Å². The molecule has 3 rings (SSSR count). The lowest BCUT2D eigenvalue weighted by molar-refractivity contribution is -0.384. The molecule has 0 fully saturated rings. The zero-order valence-electron chi connectivity index (χ0n) is 13.7. The minimum Gasteiger partial charge on any atom is -0.478 e. The topological polar surface area (TPSA) is 89.8 Å². The second kappa shape index (κ2) is 6.64. The van der Waals surface area contributed by atoms with Gasteiger partial charge in [-0.25, -0.2) is 0 Å². The van der Waals surface area contributed by atoms with Gasteiger partial charge in [-0.1, -0.05) is 19.9 Å². The molecule has 1 amide bonds. The molecule has 1 unspecified atom stereocenters. The summed E-state index contributed by atoms with van der Waals surface area (Å²) in [5.41, 5.74) is 0.248. The Hall–Kier alpha value is -2.74. The Labute approximate surface area is 148 Å². The van der Waals surface area contributed by atoms with Gasteiger partial charge < -0.3 is 4.74 Å². The predicted molar refractivity (Wildman–Crippen MR) is 93.4 cm³/mol. The Balaban J connectivity index is 1.99. The van der Waals surface area contributed by atoms with Crippen molar-refractivity contribution in [3.05, 3.63) is 50.7 Å². The van der Waals surface area contributed by atoms with Crippen LogP contribution in [0.15, 0.2) is 35.7 Å². The average molecular weight is 360 g/mol. The highest BCUT2D eigenvalue weighted by Crippen LogP contribution is 2.38. The molecule has 8 heteroatoms. The summed E-state index contributed by atoms with van der Waals surface area (Å²) in [5.74, 6) is -0.399. The second-order valence-electron chi connectivity index (χ2n) is 6.02. The molecule has 0 saturated heterocycles. The summed E-state index contributed by atoms with van der Waals surface area (Å²) in [6, 6.07) is 7.51. The number of nitro groups is 1. The van der Waals surface area contributed by atoms with E-state index in [1.807, 2.05) is 13.8 Å². The molecule has 0 bridgehead atoms. The number of ketones is 1. The number of fused-ring (bicyclic) bond motifs is 1. The molecular formula is C17H16N2O5S. The molecule has 1 aliphatic rings. The standard InChI is InChI=1S/C17H16N2O5S/c1-10(2)16-17(21)18(9-13(20)15-4-3-7-25-15)12-6-5-11(19(22)23)8-14(12)24-16/h3-8,10,16H,9H2,1-2H3. The monoisotopic (exact) mass is 360 g/mol. The summed E-state index contributed by atoms with van der Waals surface area (Å²) in [6.45, 7) is 3.52. The van der Waals surface area contributed by atoms with Gasteiger partial charge in [0.15, 0.2) is 17.6 Å². The molecule has 0 aliphatic carbocycles. The van der Waals surface area contributed by atoms with E-state index in [4.69, 9.17) is 4.74 Å². The van der Waals surface area contributed by atoms with E-state index in [2.05, 4.69) is 0 Å². The first kappa shape index (κ1) is 17.1. The molecule has 0 saturated carbocycles. The van der Waals surface area contributed by atoms with Crippen molar-refractivity contribution in [1.29, 1.82) is 0 Å². The van der Waals surface area contributed by atoms with Gasteiger partial charge in [0.2, 0.25) is 0 Å². The van der Waals surface area contributed by atoms with Gasteiger partial charge in [0, 0.05) is 6.07 Å². The van der Waals surface area contributed by atoms with Crippen molar-refractivity contribution in [3.63, 3.8) is 0 Å². The van der Waals surface area contributed by atoms with E-state index in [9.17, 15) is 19.7 Å². The Kier molecular flexibility index (Phi) is 4.54. The van der Waals surface area contributed by atoms with Crippen LogP contribution in [0.3, 0.4) is 0 Å². The lowest BCUT2D eigenvalue weighted by Gasteiger charge is -2.35. The van der Waals surface area contributed by atoms with Crippen LogP contribution in [0.1, 0.15) is 23.5 Å². The summed E-state index contributed by atoms with van der Waals surface area (Å²) in [7, 11) is 0. The number of hydrogen-bond donors (Lipinski definition) is 0. The molecule has 0 spiro atoms. The van der Waals surface area contributed by atoms with Crippen molar-refractivity contribution in [2.45, 2.75) is 20.0 Å². The Morgan fingerprint density at radius 2 is 2.16 bits per heavy atom. The molecule has 1 atom stereocenters. The van der Waals surface area contributed by atoms with Crippen molar-refractivity contribution >= 4 is 34.4 Å². The number of nitrogens with zero attached hydrogens (tertiary/aromatic N) is 2. The minimum atomic E-state index is -0.786. The summed E-state index contributed by atoms with van der Waals surface area (Å²) in [6.07, 6.45) is -0.786. The maximum absolute atomic E-state index is 12.8. The smallest absolute Gasteiger partial charge is 0.273 e. The highest BCUT2D eigenvalue weighted by atomic mass is 32.1. The predicted octanol–water partition coefficient (Wildman–Crippen LogP) is 3.29. The SMILES string of the molecule is CC(C)C1Oc2cc([N+](=O)[O-])ccc2N(CC(=O)c2cccs2)C1=O. The number of Topliss-reactive ketones (excluding diaryl/α,β-unsaturated/α-hetero) is 1. The minimum absolute atomic E-state index is 0.125. The molecule has 1 aliphatic heterocycles. The van der Waals surface area contributed by atoms with Crippen LogP contribution < -0.4 is 9.64 Å². The number of nitro benzene ring substituents is 1. The Morgan fingerprint density at radius 1 is 1.40 bits per heavy atom. The van der Waals surface area contributed by atoms with Crippen LogP contribution in [0.2, 0.25) is 0 Å². The number of carbonyl (C=O) groups is 2. The van der Waals surface area contributed by atoms with Crippen LogP contribution in [0.4, 0.5) is 11.4 Å². The molecule has 2 heterocycles. The molecule has 130 valence electrons. The zero-order chi connectivity index (χ0) is 18.1. The van der Waals surface area contributed by atoms with Crippen LogP contribution in [0.5, 0.6) is 5.75 Å². The highest BCUT2D eigenvalue weighted by Gasteiger charge is 2.38.